The molecule has 2 heterocycles. The Kier molecular flexibility index (Phi) is 9.94. The van der Waals surface area contributed by atoms with Crippen molar-refractivity contribution in [1.82, 2.24) is 14.9 Å². The third-order valence-electron chi connectivity index (χ3n) is 6.60. The number of likely N-dealkylation sites (tertiary alicyclic amines) is 1. The number of nitrogens with one attached hydrogen (secondary N) is 4. The van der Waals surface area contributed by atoms with Gasteiger partial charge in [-0.3, -0.25) is 15.0 Å². The van der Waals surface area contributed by atoms with Crippen LogP contribution >= 0.6 is 0 Å². The first-order valence-electron chi connectivity index (χ1n) is 12.6. The van der Waals surface area contributed by atoms with Crippen molar-refractivity contribution in [3.63, 3.8) is 0 Å². The minimum atomic E-state index is -3.97. The standard InChI is InChI=1S/C24H38N6O5S/c1-2-21(31)35-16-17-10-14-30(15-11-17)23(32)19(8-5-13-28-24(25)26)29-36(33,34)20-9-3-6-18-7-4-12-27-22(18)20/h3,6,9,17,19,27,29H,2,4-5,7-8,10-16H2,1H3,(H4,25,26,28)/t19-/m0/s1. The number of para-hydroxylation sites is 1. The second-order valence-corrected chi connectivity index (χ2v) is 11.0. The van der Waals surface area contributed by atoms with Crippen LogP contribution in [0.1, 0.15) is 51.0 Å². The minimum Gasteiger partial charge on any atom is -0.465 e. The Hall–Kier alpha value is -2.86. The molecule has 2 aliphatic heterocycles. The zero-order chi connectivity index (χ0) is 26.1. The summed E-state index contributed by atoms with van der Waals surface area (Å²) in [6, 6.07) is 4.25. The first-order valence-corrected chi connectivity index (χ1v) is 14.1. The number of piperidine rings is 1. The summed E-state index contributed by atoms with van der Waals surface area (Å²) in [7, 11) is -3.97. The fraction of sp³-hybridized carbons (Fsp3) is 0.625. The lowest BCUT2D eigenvalue weighted by Gasteiger charge is -2.34. The molecule has 6 N–H and O–H groups in total. The maximum atomic E-state index is 13.5. The summed E-state index contributed by atoms with van der Waals surface area (Å²) in [4.78, 5) is 26.7. The lowest BCUT2D eigenvalue weighted by molar-refractivity contribution is -0.146. The molecule has 0 bridgehead atoms. The monoisotopic (exact) mass is 522 g/mol. The number of guanidine groups is 1. The Labute approximate surface area is 213 Å². The van der Waals surface area contributed by atoms with Gasteiger partial charge in [-0.05, 0) is 56.1 Å². The molecule has 3 rings (SSSR count). The van der Waals surface area contributed by atoms with Crippen molar-refractivity contribution >= 4 is 33.5 Å². The molecule has 1 atom stereocenters. The van der Waals surface area contributed by atoms with E-state index in [2.05, 4.69) is 15.4 Å². The number of nitrogens with two attached hydrogens (primary N) is 1. The van der Waals surface area contributed by atoms with Crippen molar-refractivity contribution in [1.29, 1.82) is 5.41 Å². The molecule has 1 fully saturated rings. The van der Waals surface area contributed by atoms with Gasteiger partial charge in [0.2, 0.25) is 15.9 Å². The molecule has 1 saturated heterocycles. The molecular formula is C24H38N6O5S. The van der Waals surface area contributed by atoms with Crippen LogP contribution in [0.2, 0.25) is 0 Å². The van der Waals surface area contributed by atoms with E-state index in [9.17, 15) is 18.0 Å². The summed E-state index contributed by atoms with van der Waals surface area (Å²) < 4.78 is 34.8. The van der Waals surface area contributed by atoms with E-state index in [1.165, 1.54) is 0 Å². The third kappa shape index (κ3) is 7.57. The predicted octanol–water partition coefficient (Wildman–Crippen LogP) is 1.15. The zero-order valence-corrected chi connectivity index (χ0v) is 21.7. The molecule has 0 unspecified atom stereocenters. The molecule has 12 heteroatoms. The molecule has 0 spiro atoms. The summed E-state index contributed by atoms with van der Waals surface area (Å²) in [5, 5.41) is 13.2. The fourth-order valence-electron chi connectivity index (χ4n) is 4.57. The molecule has 0 aliphatic carbocycles. The summed E-state index contributed by atoms with van der Waals surface area (Å²) >= 11 is 0. The highest BCUT2D eigenvalue weighted by atomic mass is 32.2. The number of hydrogen-bond donors (Lipinski definition) is 5. The van der Waals surface area contributed by atoms with Gasteiger partial charge in [0.25, 0.3) is 0 Å². The highest BCUT2D eigenvalue weighted by molar-refractivity contribution is 7.89. The van der Waals surface area contributed by atoms with Crippen molar-refractivity contribution in [2.45, 2.75) is 62.8 Å². The first kappa shape index (κ1) is 27.7. The van der Waals surface area contributed by atoms with Gasteiger partial charge in [-0.2, -0.15) is 4.72 Å². The van der Waals surface area contributed by atoms with Gasteiger partial charge in [-0.1, -0.05) is 19.1 Å². The number of carbonyl (C=O) groups excluding carboxylic acids is 2. The Bertz CT molecular complexity index is 1040. The van der Waals surface area contributed by atoms with Gasteiger partial charge in [0.1, 0.15) is 10.9 Å². The van der Waals surface area contributed by atoms with E-state index >= 15 is 0 Å². The summed E-state index contributed by atoms with van der Waals surface area (Å²) in [5.41, 5.74) is 6.89. The average molecular weight is 523 g/mol. The van der Waals surface area contributed by atoms with E-state index in [0.717, 1.165) is 18.4 Å². The number of rotatable bonds is 11. The molecule has 11 nitrogen and oxygen atoms in total. The number of hydrogen-bond acceptors (Lipinski definition) is 7. The summed E-state index contributed by atoms with van der Waals surface area (Å²) in [5.74, 6) is -0.504. The van der Waals surface area contributed by atoms with Crippen LogP contribution in [0, 0.1) is 11.3 Å². The van der Waals surface area contributed by atoms with Crippen LogP contribution in [0.4, 0.5) is 5.69 Å². The Morgan fingerprint density at radius 3 is 2.75 bits per heavy atom. The predicted molar refractivity (Wildman–Crippen MR) is 137 cm³/mol. The first-order chi connectivity index (χ1) is 17.2. The van der Waals surface area contributed by atoms with Gasteiger partial charge in [-0.15, -0.1) is 0 Å². The van der Waals surface area contributed by atoms with Gasteiger partial charge in [-0.25, -0.2) is 8.42 Å². The van der Waals surface area contributed by atoms with Crippen LogP contribution in [0.3, 0.4) is 0 Å². The average Bonchev–Trinajstić information content (AvgIpc) is 2.88. The van der Waals surface area contributed by atoms with Gasteiger partial charge < -0.3 is 26.0 Å². The normalized spacial score (nSPS) is 17.0. The number of ether oxygens (including phenoxy) is 1. The molecule has 0 radical (unpaired) electrons. The molecule has 0 saturated carbocycles. The van der Waals surface area contributed by atoms with Crippen molar-refractivity contribution in [3.8, 4) is 0 Å². The Morgan fingerprint density at radius 1 is 1.31 bits per heavy atom. The fourth-order valence-corrected chi connectivity index (χ4v) is 6.02. The van der Waals surface area contributed by atoms with Crippen LogP contribution in [0.25, 0.3) is 0 Å². The zero-order valence-electron chi connectivity index (χ0n) is 20.8. The molecule has 200 valence electrons. The van der Waals surface area contributed by atoms with Crippen molar-refractivity contribution in [3.05, 3.63) is 23.8 Å². The highest BCUT2D eigenvalue weighted by Gasteiger charge is 2.33. The van der Waals surface area contributed by atoms with Crippen LogP contribution in [-0.4, -0.2) is 70.0 Å². The van der Waals surface area contributed by atoms with Gasteiger partial charge in [0.05, 0.1) is 12.3 Å². The number of benzene rings is 1. The number of nitrogens with zero attached hydrogens (tertiary/aromatic N) is 1. The summed E-state index contributed by atoms with van der Waals surface area (Å²) in [6.07, 6.45) is 4.14. The number of sulfonamides is 1. The molecule has 2 aliphatic rings. The molecule has 0 aromatic heterocycles. The number of esters is 1. The number of carbonyl (C=O) groups is 2. The Balaban J connectivity index is 1.69. The third-order valence-corrected chi connectivity index (χ3v) is 8.12. The second kappa shape index (κ2) is 12.9. The van der Waals surface area contributed by atoms with E-state index < -0.39 is 16.1 Å². The topological polar surface area (TPSA) is 167 Å². The van der Waals surface area contributed by atoms with E-state index in [1.54, 1.807) is 24.0 Å². The SMILES string of the molecule is CCC(=O)OCC1CCN(C(=O)[C@H](CCCNC(=N)N)NS(=O)(=O)c2cccc3c2NCCC3)CC1. The van der Waals surface area contributed by atoms with E-state index in [0.29, 0.717) is 64.2 Å². The highest BCUT2D eigenvalue weighted by Crippen LogP contribution is 2.30. The van der Waals surface area contributed by atoms with Crippen LogP contribution in [-0.2, 0) is 30.8 Å². The lowest BCUT2D eigenvalue weighted by Crippen LogP contribution is -2.51. The number of aryl methyl sites for hydroxylation is 1. The summed E-state index contributed by atoms with van der Waals surface area (Å²) in [6.45, 7) is 4.08. The molecular weight excluding hydrogens is 484 g/mol. The molecule has 1 aromatic carbocycles. The van der Waals surface area contributed by atoms with E-state index in [4.69, 9.17) is 15.9 Å². The lowest BCUT2D eigenvalue weighted by atomic mass is 9.97. The maximum Gasteiger partial charge on any atom is 0.305 e. The van der Waals surface area contributed by atoms with E-state index in [-0.39, 0.29) is 35.1 Å². The van der Waals surface area contributed by atoms with Gasteiger partial charge >= 0.3 is 5.97 Å². The molecule has 36 heavy (non-hydrogen) atoms. The molecule has 1 amide bonds. The minimum absolute atomic E-state index is 0.149. The van der Waals surface area contributed by atoms with Gasteiger partial charge in [0, 0.05) is 32.6 Å². The Morgan fingerprint density at radius 2 is 2.06 bits per heavy atom. The number of fused-ring (bicyclic) bond motifs is 1. The second-order valence-electron chi connectivity index (χ2n) is 9.28. The maximum absolute atomic E-state index is 13.5. The van der Waals surface area contributed by atoms with Crippen LogP contribution < -0.4 is 21.1 Å². The largest absolute Gasteiger partial charge is 0.465 e. The van der Waals surface area contributed by atoms with Crippen LogP contribution in [0.15, 0.2) is 23.1 Å². The van der Waals surface area contributed by atoms with Crippen molar-refractivity contribution in [2.24, 2.45) is 11.7 Å². The smallest absolute Gasteiger partial charge is 0.305 e. The van der Waals surface area contributed by atoms with Crippen LogP contribution in [0.5, 0.6) is 0 Å². The molecule has 1 aromatic rings. The van der Waals surface area contributed by atoms with E-state index in [1.807, 2.05) is 6.07 Å². The van der Waals surface area contributed by atoms with Gasteiger partial charge in [0.15, 0.2) is 5.96 Å². The van der Waals surface area contributed by atoms with Crippen molar-refractivity contribution in [2.75, 3.05) is 38.1 Å². The van der Waals surface area contributed by atoms with Crippen molar-refractivity contribution < 1.29 is 22.7 Å². The number of anilines is 1. The number of amides is 1. The quantitative estimate of drug-likeness (QED) is 0.125.